The zero-order valence-electron chi connectivity index (χ0n) is 84.2. The summed E-state index contributed by atoms with van der Waals surface area (Å²) < 4.78 is 81.3. The predicted molar refractivity (Wildman–Crippen MR) is 514 cm³/mol. The van der Waals surface area contributed by atoms with Crippen LogP contribution in [-0.2, 0) is 56.8 Å². The van der Waals surface area contributed by atoms with Crippen LogP contribution in [0.1, 0.15) is 298 Å². The van der Waals surface area contributed by atoms with E-state index in [1.165, 1.54) is 51.5 Å². The van der Waals surface area contributed by atoms with Crippen LogP contribution in [0.25, 0.3) is 11.0 Å². The molecular weight excluding hydrogens is 1820 g/mol. The first-order valence-corrected chi connectivity index (χ1v) is 52.2. The van der Waals surface area contributed by atoms with E-state index in [0.29, 0.717) is 88.0 Å². The van der Waals surface area contributed by atoms with E-state index in [-0.39, 0.29) is 146 Å². The molecule has 5 saturated heterocycles. The predicted octanol–water partition coefficient (Wildman–Crippen LogP) is 5.41. The fraction of sp³-hybridized carbons (Fsp3) is 0.912. The highest BCUT2D eigenvalue weighted by Crippen LogP contribution is 2.53. The molecule has 0 amide bonds. The van der Waals surface area contributed by atoms with Crippen LogP contribution in [0.2, 0.25) is 0 Å². The number of fused-ring (bicyclic) bond motifs is 1. The summed E-state index contributed by atoms with van der Waals surface area (Å²) in [5.74, 6) is -1.25. The van der Waals surface area contributed by atoms with Gasteiger partial charge in [-0.15, -0.1) is 0 Å². The number of benzene rings is 1. The number of aliphatic hydroxyl groups is 22. The molecule has 6 heterocycles. The maximum Gasteiger partial charge on any atom is 0.336 e. The first kappa shape index (κ1) is 123. The molecule has 23 N–H and O–H groups in total. The second-order valence-electron chi connectivity index (χ2n) is 41.9. The molecule has 0 saturated carbocycles. The largest absolute Gasteiger partial charge is 0.423 e. The van der Waals surface area contributed by atoms with E-state index in [0.717, 1.165) is 48.9 Å². The van der Waals surface area contributed by atoms with Crippen LogP contribution in [0.4, 0.5) is 5.69 Å². The summed E-state index contributed by atoms with van der Waals surface area (Å²) in [6.45, 7) is 9.90. The first-order valence-electron chi connectivity index (χ1n) is 52.2. The standard InChI is InChI=1S/C102H183NO36/c1-64(17-14-12-10-9-11-13-15-34-103-70-23-27-84-67(4)43-95(126)132-90(84)44-70)20-21-66(3)42-74(118)45-73(117)41-65(2)18-16-19-71(115)50-91-87(124)54-93(133-97(62-113)128-69(6)58-109)92(131-91)53-82-51-88(125)98(134-96(61-112)127-40-39-108)100(8,136-82)56-77(121)55-99(7,63-114)135-78(28-35-104)26-24-72(116)46-79(29-36-105)129-94(60-111)86(123)52-83(59-110)130-89(31-38-107)85(122)49-75(119)47-80-25-22-68(5)102(138-80)33-32-101(139-102)57-76(120)48-81(137-101)30-37-106/h23,27,43-44,64-66,68-69,71-83,85-89,91-94,96-98,103-125H,9-22,24-26,28-42,45-63H2,1-8H3. The third-order valence-electron chi connectivity index (χ3n) is 28.9. The minimum Gasteiger partial charge on any atom is -0.423 e. The van der Waals surface area contributed by atoms with E-state index in [9.17, 15) is 117 Å². The molecule has 34 atom stereocenters. The van der Waals surface area contributed by atoms with Crippen LogP contribution < -0.4 is 10.9 Å². The summed E-state index contributed by atoms with van der Waals surface area (Å²) in [7, 11) is 0. The Bertz CT molecular complexity index is 3630. The number of rotatable bonds is 74. The lowest BCUT2D eigenvalue weighted by molar-refractivity contribution is -0.379. The van der Waals surface area contributed by atoms with Gasteiger partial charge < -0.3 is 179 Å². The van der Waals surface area contributed by atoms with Crippen molar-refractivity contribution >= 4 is 16.7 Å². The van der Waals surface area contributed by atoms with Gasteiger partial charge in [-0.3, -0.25) is 0 Å². The van der Waals surface area contributed by atoms with E-state index in [1.807, 2.05) is 39.0 Å². The van der Waals surface area contributed by atoms with Crippen LogP contribution in [-0.4, -0.2) is 380 Å². The van der Waals surface area contributed by atoms with E-state index >= 15 is 0 Å². The molecule has 34 unspecified atom stereocenters. The van der Waals surface area contributed by atoms with Gasteiger partial charge in [-0.25, -0.2) is 4.79 Å². The molecule has 0 aliphatic carbocycles. The molecule has 0 radical (unpaired) electrons. The van der Waals surface area contributed by atoms with Gasteiger partial charge in [-0.1, -0.05) is 98.3 Å². The van der Waals surface area contributed by atoms with Gasteiger partial charge in [0.15, 0.2) is 24.2 Å². The topological polar surface area (TPSA) is 598 Å². The molecule has 1 aromatic carbocycles. The van der Waals surface area contributed by atoms with Crippen molar-refractivity contribution in [3.63, 3.8) is 0 Å². The van der Waals surface area contributed by atoms with Crippen molar-refractivity contribution in [2.45, 2.75) is 481 Å². The number of ether oxygens (including phenoxy) is 12. The Morgan fingerprint density at radius 3 is 1.87 bits per heavy atom. The van der Waals surface area contributed by atoms with Crippen molar-refractivity contribution in [3.8, 4) is 0 Å². The van der Waals surface area contributed by atoms with Crippen LogP contribution in [0.15, 0.2) is 33.5 Å². The summed E-state index contributed by atoms with van der Waals surface area (Å²) >= 11 is 0. The van der Waals surface area contributed by atoms with Gasteiger partial charge in [0.2, 0.25) is 0 Å². The number of anilines is 1. The van der Waals surface area contributed by atoms with Gasteiger partial charge in [0.1, 0.15) is 17.8 Å². The third kappa shape index (κ3) is 42.4. The van der Waals surface area contributed by atoms with Crippen molar-refractivity contribution in [1.82, 2.24) is 0 Å². The monoisotopic (exact) mass is 2000 g/mol. The second-order valence-corrected chi connectivity index (χ2v) is 41.9. The smallest absolute Gasteiger partial charge is 0.336 e. The first-order chi connectivity index (χ1) is 66.3. The van der Waals surface area contributed by atoms with Gasteiger partial charge >= 0.3 is 5.63 Å². The van der Waals surface area contributed by atoms with Crippen molar-refractivity contribution in [1.29, 1.82) is 0 Å². The molecule has 2 spiro atoms. The highest BCUT2D eigenvalue weighted by atomic mass is 16.8. The quantitative estimate of drug-likeness (QED) is 0.0224. The Balaban J connectivity index is 0.871. The maximum absolute atomic E-state index is 12.3. The van der Waals surface area contributed by atoms with E-state index in [2.05, 4.69) is 19.2 Å². The average molecular weight is 2000 g/mol. The fourth-order valence-electron chi connectivity index (χ4n) is 21.4. The number of nitrogens with one attached hydrogen (secondary N) is 1. The van der Waals surface area contributed by atoms with Gasteiger partial charge in [0, 0.05) is 133 Å². The lowest BCUT2D eigenvalue weighted by Gasteiger charge is -2.50. The van der Waals surface area contributed by atoms with E-state index < -0.39 is 242 Å². The molecule has 5 aliphatic rings. The Morgan fingerprint density at radius 2 is 1.20 bits per heavy atom. The zero-order chi connectivity index (χ0) is 102. The van der Waals surface area contributed by atoms with Gasteiger partial charge in [0.25, 0.3) is 0 Å². The number of hydrogen-bond donors (Lipinski definition) is 23. The molecule has 2 aromatic rings. The SMILES string of the molecule is Cc1cc(=O)oc2cc(NCCCCCCCCCC(C)CCC(C)CC(O)CC(O)CC(C)CCCC(O)CC3OC(CC4CC(O)C(OC(CO)OCCO)C(C)(CC(O)CC(C)(CO)OC(CCO)CCC(O)CC(CCO)OC(CO)C(O)CC(CO)OC(CCO)C(O)CC(O)CC5CCC(C)C6(CCC7(CC(O)CC(CCO)O7)O6)O5)O4)C(OC(CO)OC(C)CO)CC3O)ccc12. The number of aliphatic hydroxyl groups excluding tert-OH is 22. The molecule has 5 aliphatic heterocycles. The molecule has 0 bridgehead atoms. The van der Waals surface area contributed by atoms with Crippen LogP contribution in [0, 0.1) is 30.6 Å². The summed E-state index contributed by atoms with van der Waals surface area (Å²) in [4.78, 5) is 11.8. The molecular formula is C102H183NO36. The minimum absolute atomic E-state index is 0.00821. The van der Waals surface area contributed by atoms with Crippen molar-refractivity contribution in [2.75, 3.05) is 91.1 Å². The Hall–Kier alpha value is -3.13. The second kappa shape index (κ2) is 63.6. The zero-order valence-corrected chi connectivity index (χ0v) is 84.2. The minimum atomic E-state index is -1.69. The highest BCUT2D eigenvalue weighted by molar-refractivity contribution is 5.83. The van der Waals surface area contributed by atoms with E-state index in [4.69, 9.17) is 61.3 Å². The summed E-state index contributed by atoms with van der Waals surface area (Å²) in [5, 5.41) is 244. The molecule has 1 aromatic heterocycles. The lowest BCUT2D eigenvalue weighted by Crippen LogP contribution is -2.61. The highest BCUT2D eigenvalue weighted by Gasteiger charge is 2.59. The lowest BCUT2D eigenvalue weighted by atomic mass is 9.80. The Morgan fingerprint density at radius 1 is 0.532 bits per heavy atom. The van der Waals surface area contributed by atoms with Crippen molar-refractivity contribution in [2.24, 2.45) is 23.7 Å². The van der Waals surface area contributed by atoms with Gasteiger partial charge in [-0.05, 0) is 166 Å². The summed E-state index contributed by atoms with van der Waals surface area (Å²) in [6, 6.07) is 7.41. The maximum atomic E-state index is 12.3. The van der Waals surface area contributed by atoms with E-state index in [1.54, 1.807) is 13.8 Å². The Kier molecular flexibility index (Phi) is 56.2. The van der Waals surface area contributed by atoms with Crippen LogP contribution >= 0.6 is 0 Å². The molecule has 139 heavy (non-hydrogen) atoms. The number of aryl methyl sites for hydroxylation is 1. The summed E-state index contributed by atoms with van der Waals surface area (Å²) in [5.41, 5.74) is -1.16. The average Bonchev–Trinajstić information content (AvgIpc) is 1.62. The fourth-order valence-corrected chi connectivity index (χ4v) is 21.4. The molecule has 37 nitrogen and oxygen atoms in total. The molecule has 7 rings (SSSR count). The number of unbranched alkanes of at least 4 members (excludes halogenated alkanes) is 6. The van der Waals surface area contributed by atoms with Crippen molar-refractivity contribution in [3.05, 3.63) is 40.2 Å². The van der Waals surface area contributed by atoms with Crippen LogP contribution in [0.5, 0.6) is 0 Å². The third-order valence-corrected chi connectivity index (χ3v) is 28.9. The van der Waals surface area contributed by atoms with Crippen molar-refractivity contribution < 1.29 is 174 Å². The van der Waals surface area contributed by atoms with Gasteiger partial charge in [0.05, 0.1) is 198 Å². The normalized spacial score (nSPS) is 29.0. The number of hydrogen-bond acceptors (Lipinski definition) is 37. The molecule has 812 valence electrons. The van der Waals surface area contributed by atoms with Crippen LogP contribution in [0.3, 0.4) is 0 Å². The summed E-state index contributed by atoms with van der Waals surface area (Å²) in [6.07, 6.45) is -11.6. The Labute approximate surface area is 822 Å². The molecule has 5 fully saturated rings. The molecule has 37 heteroatoms. The van der Waals surface area contributed by atoms with Gasteiger partial charge in [-0.2, -0.15) is 0 Å².